The maximum atomic E-state index is 12.6. The molecule has 0 aliphatic heterocycles. The summed E-state index contributed by atoms with van der Waals surface area (Å²) < 4.78 is 10.9. The van der Waals surface area contributed by atoms with Gasteiger partial charge in [-0.05, 0) is 132 Å². The minimum absolute atomic E-state index is 0.0112. The lowest BCUT2D eigenvalue weighted by atomic mass is 9.75. The first-order valence-corrected chi connectivity index (χ1v) is 14.1. The Morgan fingerprint density at radius 2 is 0.973 bits per heavy atom. The van der Waals surface area contributed by atoms with Crippen LogP contribution in [0.2, 0.25) is 0 Å². The number of benzene rings is 2. The predicted molar refractivity (Wildman–Crippen MR) is 146 cm³/mol. The van der Waals surface area contributed by atoms with E-state index in [1.54, 1.807) is 0 Å². The first-order chi connectivity index (χ1) is 18.0. The van der Waals surface area contributed by atoms with Crippen LogP contribution in [0.1, 0.15) is 92.4 Å². The molecule has 2 aromatic rings. The number of hydrogen-bond acceptors (Lipinski definition) is 4. The highest BCUT2D eigenvalue weighted by molar-refractivity contribution is 5.95. The molecule has 0 aromatic heterocycles. The highest BCUT2D eigenvalue weighted by Gasteiger charge is 2.28. The molecule has 2 aliphatic carbocycles. The van der Waals surface area contributed by atoms with Crippen molar-refractivity contribution in [1.29, 1.82) is 0 Å². The fourth-order valence-corrected chi connectivity index (χ4v) is 5.83. The Morgan fingerprint density at radius 3 is 1.30 bits per heavy atom. The summed E-state index contributed by atoms with van der Waals surface area (Å²) in [6, 6.07) is 15.3. The molecule has 2 saturated carbocycles. The van der Waals surface area contributed by atoms with Gasteiger partial charge >= 0.3 is 0 Å². The molecule has 2 fully saturated rings. The van der Waals surface area contributed by atoms with Crippen molar-refractivity contribution in [2.24, 2.45) is 11.8 Å². The van der Waals surface area contributed by atoms with Gasteiger partial charge in [-0.1, -0.05) is 0 Å². The van der Waals surface area contributed by atoms with Crippen LogP contribution in [-0.2, 0) is 0 Å². The van der Waals surface area contributed by atoms with E-state index in [0.717, 1.165) is 49.0 Å². The normalized spacial score (nSPS) is 23.6. The molecule has 0 atom stereocenters. The molecule has 6 nitrogen and oxygen atoms in total. The van der Waals surface area contributed by atoms with Gasteiger partial charge in [0.2, 0.25) is 0 Å². The van der Waals surface area contributed by atoms with Gasteiger partial charge in [-0.15, -0.1) is 0 Å². The predicted octanol–water partition coefficient (Wildman–Crippen LogP) is 6.15. The molecular formula is C31H42N2O4. The quantitative estimate of drug-likeness (QED) is 0.405. The molecule has 0 unspecified atom stereocenters. The fraction of sp³-hybridized carbons (Fsp3) is 0.548. The summed E-state index contributed by atoms with van der Waals surface area (Å²) in [6.07, 6.45) is 10.2. The highest BCUT2D eigenvalue weighted by atomic mass is 16.5. The first kappa shape index (κ1) is 27.0. The largest absolute Gasteiger partial charge is 0.494 e. The van der Waals surface area contributed by atoms with Crippen molar-refractivity contribution in [2.75, 3.05) is 13.2 Å². The van der Waals surface area contributed by atoms with E-state index in [1.807, 2.05) is 62.4 Å². The minimum Gasteiger partial charge on any atom is -0.494 e. The van der Waals surface area contributed by atoms with Gasteiger partial charge in [0.1, 0.15) is 11.5 Å². The van der Waals surface area contributed by atoms with Crippen molar-refractivity contribution in [2.45, 2.75) is 83.7 Å². The Morgan fingerprint density at radius 1 is 0.622 bits per heavy atom. The van der Waals surface area contributed by atoms with Crippen molar-refractivity contribution in [3.05, 3.63) is 59.7 Å². The Hall–Kier alpha value is -3.02. The Kier molecular flexibility index (Phi) is 9.86. The van der Waals surface area contributed by atoms with Crippen molar-refractivity contribution in [3.8, 4) is 11.5 Å². The highest BCUT2D eigenvalue weighted by Crippen LogP contribution is 2.35. The lowest BCUT2D eigenvalue weighted by Gasteiger charge is -2.34. The van der Waals surface area contributed by atoms with Crippen LogP contribution < -0.4 is 20.1 Å². The number of amides is 2. The monoisotopic (exact) mass is 506 g/mol. The summed E-state index contributed by atoms with van der Waals surface area (Å²) in [4.78, 5) is 25.3. The van der Waals surface area contributed by atoms with E-state index < -0.39 is 0 Å². The maximum absolute atomic E-state index is 12.6. The molecule has 4 rings (SSSR count). The molecule has 2 N–H and O–H groups in total. The molecule has 200 valence electrons. The second-order valence-electron chi connectivity index (χ2n) is 10.5. The number of hydrogen-bond donors (Lipinski definition) is 2. The summed E-state index contributed by atoms with van der Waals surface area (Å²) >= 11 is 0. The van der Waals surface area contributed by atoms with Gasteiger partial charge in [0.15, 0.2) is 0 Å². The molecule has 0 bridgehead atoms. The van der Waals surface area contributed by atoms with Gasteiger partial charge in [0, 0.05) is 23.2 Å². The summed E-state index contributed by atoms with van der Waals surface area (Å²) in [7, 11) is 0. The van der Waals surface area contributed by atoms with Crippen LogP contribution in [0.15, 0.2) is 48.5 Å². The van der Waals surface area contributed by atoms with E-state index >= 15 is 0 Å². The third kappa shape index (κ3) is 7.98. The molecule has 2 aliphatic rings. The summed E-state index contributed by atoms with van der Waals surface area (Å²) in [5, 5.41) is 6.46. The zero-order valence-corrected chi connectivity index (χ0v) is 22.3. The van der Waals surface area contributed by atoms with E-state index in [-0.39, 0.29) is 23.9 Å². The van der Waals surface area contributed by atoms with Crippen LogP contribution in [0.5, 0.6) is 11.5 Å². The van der Waals surface area contributed by atoms with Crippen molar-refractivity contribution >= 4 is 11.8 Å². The molecule has 6 heteroatoms. The Bertz CT molecular complexity index is 907. The van der Waals surface area contributed by atoms with Gasteiger partial charge in [0.05, 0.1) is 13.2 Å². The molecule has 0 heterocycles. The van der Waals surface area contributed by atoms with Crippen molar-refractivity contribution < 1.29 is 19.1 Å². The van der Waals surface area contributed by atoms with E-state index in [2.05, 4.69) is 10.6 Å². The van der Waals surface area contributed by atoms with Crippen molar-refractivity contribution in [1.82, 2.24) is 10.6 Å². The van der Waals surface area contributed by atoms with E-state index in [9.17, 15) is 9.59 Å². The lowest BCUT2D eigenvalue weighted by molar-refractivity contribution is 0.0917. The third-order valence-electron chi connectivity index (χ3n) is 7.89. The average molecular weight is 507 g/mol. The van der Waals surface area contributed by atoms with E-state index in [0.29, 0.717) is 24.3 Å². The maximum Gasteiger partial charge on any atom is 0.251 e. The standard InChI is InChI=1S/C31H42N2O4/c1-3-36-28-17-9-24(10-18-28)30(34)32-26-13-5-22(6-14-26)21-23-7-15-27(16-8-23)33-31(35)25-11-19-29(20-12-25)37-4-2/h9-12,17-20,22-23,26-27H,3-8,13-16,21H2,1-2H3,(H,32,34)(H,33,35). The fourth-order valence-electron chi connectivity index (χ4n) is 5.83. The second kappa shape index (κ2) is 13.5. The smallest absolute Gasteiger partial charge is 0.251 e. The number of carbonyl (C=O) groups excluding carboxylic acids is 2. The van der Waals surface area contributed by atoms with Gasteiger partial charge < -0.3 is 20.1 Å². The zero-order valence-electron chi connectivity index (χ0n) is 22.3. The molecule has 0 saturated heterocycles. The van der Waals surface area contributed by atoms with Crippen LogP contribution in [0.25, 0.3) is 0 Å². The van der Waals surface area contributed by atoms with Gasteiger partial charge in [-0.25, -0.2) is 0 Å². The van der Waals surface area contributed by atoms with Crippen LogP contribution in [0.4, 0.5) is 0 Å². The minimum atomic E-state index is 0.0112. The Labute approximate surface area is 221 Å². The third-order valence-corrected chi connectivity index (χ3v) is 7.89. The average Bonchev–Trinajstić information content (AvgIpc) is 2.92. The summed E-state index contributed by atoms with van der Waals surface area (Å²) in [5.74, 6) is 3.11. The Balaban J connectivity index is 1.13. The van der Waals surface area contributed by atoms with Crippen LogP contribution in [0.3, 0.4) is 0 Å². The van der Waals surface area contributed by atoms with Gasteiger partial charge in [0.25, 0.3) is 11.8 Å². The van der Waals surface area contributed by atoms with Gasteiger partial charge in [-0.3, -0.25) is 9.59 Å². The zero-order chi connectivity index (χ0) is 26.0. The lowest BCUT2D eigenvalue weighted by Crippen LogP contribution is -2.39. The van der Waals surface area contributed by atoms with Crippen LogP contribution in [-0.4, -0.2) is 37.1 Å². The number of rotatable bonds is 10. The van der Waals surface area contributed by atoms with Crippen LogP contribution >= 0.6 is 0 Å². The molecule has 2 amide bonds. The van der Waals surface area contributed by atoms with Crippen molar-refractivity contribution in [3.63, 3.8) is 0 Å². The first-order valence-electron chi connectivity index (χ1n) is 14.1. The molecule has 37 heavy (non-hydrogen) atoms. The number of carbonyl (C=O) groups is 2. The summed E-state index contributed by atoms with van der Waals surface area (Å²) in [5.41, 5.74) is 1.38. The second-order valence-corrected chi connectivity index (χ2v) is 10.5. The molecule has 0 spiro atoms. The number of nitrogens with one attached hydrogen (secondary N) is 2. The molecule has 0 radical (unpaired) electrons. The topological polar surface area (TPSA) is 76.7 Å². The van der Waals surface area contributed by atoms with E-state index in [1.165, 1.54) is 32.1 Å². The van der Waals surface area contributed by atoms with Gasteiger partial charge in [-0.2, -0.15) is 0 Å². The molecular weight excluding hydrogens is 464 g/mol. The number of ether oxygens (including phenoxy) is 2. The van der Waals surface area contributed by atoms with E-state index in [4.69, 9.17) is 9.47 Å². The SMILES string of the molecule is CCOc1ccc(C(=O)NC2CCC(CC3CCC(NC(=O)c4ccc(OCC)cc4)CC3)CC2)cc1. The summed E-state index contributed by atoms with van der Waals surface area (Å²) in [6.45, 7) is 5.15. The van der Waals surface area contributed by atoms with Crippen LogP contribution in [0, 0.1) is 11.8 Å². The molecule has 2 aromatic carbocycles.